The Bertz CT molecular complexity index is 1620. The first-order valence-electron chi connectivity index (χ1n) is 12.8. The second-order valence-electron chi connectivity index (χ2n) is 9.27. The number of amides is 2. The minimum atomic E-state index is -0.596. The van der Waals surface area contributed by atoms with Gasteiger partial charge < -0.3 is 0 Å². The maximum atomic E-state index is 14.2. The molecule has 8 heteroatoms. The molecule has 1 aromatic heterocycles. The van der Waals surface area contributed by atoms with E-state index in [9.17, 15) is 9.59 Å². The summed E-state index contributed by atoms with van der Waals surface area (Å²) < 4.78 is 8.05. The Kier molecular flexibility index (Phi) is 9.33. The predicted octanol–water partition coefficient (Wildman–Crippen LogP) is 5.46. The first-order valence-corrected chi connectivity index (χ1v) is 18.9. The van der Waals surface area contributed by atoms with Gasteiger partial charge in [0.15, 0.2) is 0 Å². The number of nitrogens with zero attached hydrogens (tertiary/aromatic N) is 3. The molecule has 2 amide bonds. The molecule has 4 aromatic carbocycles. The van der Waals surface area contributed by atoms with Gasteiger partial charge in [-0.2, -0.15) is 5.26 Å². The fraction of sp³-hybridized carbons (Fsp3) is 0.156. The van der Waals surface area contributed by atoms with Crippen LogP contribution in [0.4, 0.5) is 4.79 Å². The third kappa shape index (κ3) is 6.83. The van der Waals surface area contributed by atoms with Crippen LogP contribution in [0.2, 0.25) is 0 Å². The molecule has 0 unspecified atom stereocenters. The Balaban J connectivity index is 1.45. The van der Waals surface area contributed by atoms with Gasteiger partial charge in [-0.3, -0.25) is 0 Å². The summed E-state index contributed by atoms with van der Waals surface area (Å²) in [4.78, 5) is 30.6. The van der Waals surface area contributed by atoms with Gasteiger partial charge >= 0.3 is 215 Å². The van der Waals surface area contributed by atoms with Crippen molar-refractivity contribution in [3.63, 3.8) is 0 Å². The number of nitriles is 1. The monoisotopic (exact) mass is 661 g/mol. The van der Waals surface area contributed by atoms with Crippen molar-refractivity contribution in [2.75, 3.05) is 6.61 Å². The van der Waals surface area contributed by atoms with E-state index in [1.165, 1.54) is 19.0 Å². The molecule has 0 aliphatic rings. The Morgan fingerprint density at radius 1 is 0.675 bits per heavy atom. The number of hydrogen-bond acceptors (Lipinski definition) is 4. The molecule has 0 N–H and O–H groups in total. The molecule has 0 bridgehead atoms. The van der Waals surface area contributed by atoms with Crippen molar-refractivity contribution < 1.29 is 14.3 Å². The van der Waals surface area contributed by atoms with Crippen molar-refractivity contribution in [1.29, 1.82) is 5.26 Å². The molecule has 0 atom stereocenters. The molecule has 5 rings (SSSR count). The van der Waals surface area contributed by atoms with Crippen molar-refractivity contribution in [2.45, 2.75) is 26.2 Å². The van der Waals surface area contributed by atoms with Crippen LogP contribution in [0, 0.1) is 11.3 Å². The Labute approximate surface area is 244 Å². The second-order valence-corrected chi connectivity index (χ2v) is 15.4. The zero-order valence-electron chi connectivity index (χ0n) is 21.7. The molecule has 0 aliphatic carbocycles. The third-order valence-electron chi connectivity index (χ3n) is 6.48. The summed E-state index contributed by atoms with van der Waals surface area (Å²) in [5.41, 5.74) is 4.48. The van der Waals surface area contributed by atoms with Crippen LogP contribution in [0.1, 0.15) is 32.6 Å². The summed E-state index contributed by atoms with van der Waals surface area (Å²) in [6, 6.07) is 35.4. The van der Waals surface area contributed by atoms with E-state index in [0.29, 0.717) is 50.5 Å². The molecule has 0 fully saturated rings. The van der Waals surface area contributed by atoms with Gasteiger partial charge in [0.1, 0.15) is 6.07 Å². The molecule has 6 nitrogen and oxygen atoms in total. The minimum absolute atomic E-state index is 0.0838. The van der Waals surface area contributed by atoms with Gasteiger partial charge in [0.2, 0.25) is 0 Å². The molecule has 0 saturated carbocycles. The molecule has 40 heavy (non-hydrogen) atoms. The molecule has 0 radical (unpaired) electrons. The van der Waals surface area contributed by atoms with Crippen molar-refractivity contribution in [1.82, 2.24) is 9.80 Å². The molecule has 1 heterocycles. The SMILES string of the molecule is N#CCOC(=O)N(Cc1ccccc1)Cc1ccccc1C(=O)N(Cc1ccccc1)Cc1cccc2[se][se]c12. The van der Waals surface area contributed by atoms with Crippen LogP contribution in [-0.4, -0.2) is 53.7 Å². The fourth-order valence-corrected chi connectivity index (χ4v) is 10.9. The van der Waals surface area contributed by atoms with Crippen LogP contribution in [-0.2, 0) is 30.9 Å². The van der Waals surface area contributed by atoms with E-state index in [0.717, 1.165) is 16.7 Å². The van der Waals surface area contributed by atoms with Gasteiger partial charge in [0.05, 0.1) is 0 Å². The Morgan fingerprint density at radius 3 is 1.93 bits per heavy atom. The van der Waals surface area contributed by atoms with Gasteiger partial charge in [-0.15, -0.1) is 0 Å². The molecule has 200 valence electrons. The van der Waals surface area contributed by atoms with Crippen molar-refractivity contribution in [3.05, 3.63) is 131 Å². The van der Waals surface area contributed by atoms with Gasteiger partial charge in [-0.25, -0.2) is 0 Å². The first-order chi connectivity index (χ1) is 19.6. The van der Waals surface area contributed by atoms with E-state index < -0.39 is 6.09 Å². The average molecular weight is 660 g/mol. The summed E-state index contributed by atoms with van der Waals surface area (Å²) >= 11 is 1.10. The number of carbonyl (C=O) groups is 2. The van der Waals surface area contributed by atoms with Gasteiger partial charge in [0, 0.05) is 0 Å². The quantitative estimate of drug-likeness (QED) is 0.187. The summed E-state index contributed by atoms with van der Waals surface area (Å²) in [6.45, 7) is 1.14. The van der Waals surface area contributed by atoms with Crippen LogP contribution in [0.5, 0.6) is 0 Å². The molecular weight excluding hydrogens is 632 g/mol. The van der Waals surface area contributed by atoms with Crippen LogP contribution >= 0.6 is 0 Å². The predicted molar refractivity (Wildman–Crippen MR) is 157 cm³/mol. The van der Waals surface area contributed by atoms with E-state index in [1.54, 1.807) is 0 Å². The zero-order valence-corrected chi connectivity index (χ0v) is 25.2. The second kappa shape index (κ2) is 13.5. The first kappa shape index (κ1) is 27.7. The van der Waals surface area contributed by atoms with E-state index >= 15 is 0 Å². The maximum absolute atomic E-state index is 14.2. The average Bonchev–Trinajstić information content (AvgIpc) is 2.97. The standard InChI is InChI=1S/C32H27N3O3Se2/c33-18-19-38-32(37)35(21-25-12-5-2-6-13-25)22-26-14-7-8-16-28(26)31(36)34(20-24-10-3-1-4-11-24)23-27-15-9-17-29-30(27)40-39-29/h1-17H,19-23H2. The van der Waals surface area contributed by atoms with Crippen molar-refractivity contribution >= 4 is 45.8 Å². The Hall–Kier alpha value is -3.85. The Morgan fingerprint density at radius 2 is 1.27 bits per heavy atom. The van der Waals surface area contributed by atoms with Crippen LogP contribution in [0.3, 0.4) is 0 Å². The topological polar surface area (TPSA) is 73.6 Å². The zero-order chi connectivity index (χ0) is 27.7. The number of benzene rings is 4. The number of rotatable bonds is 10. The van der Waals surface area contributed by atoms with Crippen LogP contribution < -0.4 is 0 Å². The van der Waals surface area contributed by atoms with Gasteiger partial charge in [0.25, 0.3) is 0 Å². The number of hydrogen-bond donors (Lipinski definition) is 0. The summed E-state index contributed by atoms with van der Waals surface area (Å²) in [5, 5.41) is 8.94. The normalized spacial score (nSPS) is 10.7. The molecule has 5 aromatic rings. The van der Waals surface area contributed by atoms with Gasteiger partial charge in [-0.1, -0.05) is 18.2 Å². The number of fused-ring (bicyclic) bond motifs is 1. The summed E-state index contributed by atoms with van der Waals surface area (Å²) in [5.74, 6) is -0.0838. The summed E-state index contributed by atoms with van der Waals surface area (Å²) in [7, 11) is 0. The molecular formula is C32H27N3O3Se2. The number of ether oxygens (including phenoxy) is 1. The summed E-state index contributed by atoms with van der Waals surface area (Å²) in [6.07, 6.45) is -0.596. The van der Waals surface area contributed by atoms with Crippen molar-refractivity contribution in [3.8, 4) is 6.07 Å². The molecule has 0 aliphatic heterocycles. The van der Waals surface area contributed by atoms with Crippen LogP contribution in [0.15, 0.2) is 103 Å². The van der Waals surface area contributed by atoms with E-state index in [-0.39, 0.29) is 19.1 Å². The van der Waals surface area contributed by atoms with Crippen LogP contribution in [0.25, 0.3) is 8.52 Å². The fourth-order valence-electron chi connectivity index (χ4n) is 4.52. The van der Waals surface area contributed by atoms with Gasteiger partial charge in [-0.05, 0) is 0 Å². The number of carbonyl (C=O) groups excluding carboxylic acids is 2. The third-order valence-corrected chi connectivity index (χ3v) is 14.4. The van der Waals surface area contributed by atoms with E-state index in [2.05, 4.69) is 18.2 Å². The van der Waals surface area contributed by atoms with E-state index in [4.69, 9.17) is 10.00 Å². The molecule has 0 spiro atoms. The van der Waals surface area contributed by atoms with E-state index in [1.807, 2.05) is 95.9 Å². The van der Waals surface area contributed by atoms with Crippen molar-refractivity contribution in [2.24, 2.45) is 0 Å². The molecule has 0 saturated heterocycles.